The number of morpholine rings is 1. The Balaban J connectivity index is 2.10. The van der Waals surface area contributed by atoms with Gasteiger partial charge >= 0.3 is 5.97 Å². The van der Waals surface area contributed by atoms with E-state index in [-0.39, 0.29) is 18.9 Å². The lowest BCUT2D eigenvalue weighted by Crippen LogP contribution is -2.49. The van der Waals surface area contributed by atoms with Gasteiger partial charge in [-0.1, -0.05) is 11.6 Å². The fourth-order valence-electron chi connectivity index (χ4n) is 2.48. The van der Waals surface area contributed by atoms with Gasteiger partial charge < -0.3 is 19.5 Å². The van der Waals surface area contributed by atoms with Crippen LogP contribution in [0.5, 0.6) is 5.75 Å². The second-order valence-electron chi connectivity index (χ2n) is 5.95. The summed E-state index contributed by atoms with van der Waals surface area (Å²) < 4.78 is 10.9. The highest BCUT2D eigenvalue weighted by Gasteiger charge is 2.29. The van der Waals surface area contributed by atoms with Gasteiger partial charge in [-0.05, 0) is 38.1 Å². The molecule has 2 rings (SSSR count). The van der Waals surface area contributed by atoms with Gasteiger partial charge in [0.1, 0.15) is 12.4 Å². The maximum Gasteiger partial charge on any atom is 0.305 e. The molecule has 1 aromatic rings. The van der Waals surface area contributed by atoms with Crippen molar-refractivity contribution in [2.24, 2.45) is 0 Å². The smallest absolute Gasteiger partial charge is 0.305 e. The number of rotatable bonds is 6. The maximum absolute atomic E-state index is 12.7. The molecule has 0 saturated carbocycles. The average molecular weight is 333 g/mol. The first-order chi connectivity index (χ1) is 11.5. The van der Waals surface area contributed by atoms with Crippen LogP contribution in [0.15, 0.2) is 35.9 Å². The van der Waals surface area contributed by atoms with Crippen molar-refractivity contribution in [1.82, 2.24) is 4.90 Å². The van der Waals surface area contributed by atoms with Gasteiger partial charge in [-0.25, -0.2) is 0 Å². The number of carboxylic acid groups (broad SMARTS) is 1. The molecular weight excluding hydrogens is 310 g/mol. The van der Waals surface area contributed by atoms with Crippen LogP contribution in [0.1, 0.15) is 30.6 Å². The van der Waals surface area contributed by atoms with Crippen LogP contribution in [-0.2, 0) is 9.53 Å². The van der Waals surface area contributed by atoms with Crippen LogP contribution in [0.2, 0.25) is 0 Å². The molecule has 1 heterocycles. The average Bonchev–Trinajstić information content (AvgIpc) is 2.54. The van der Waals surface area contributed by atoms with Crippen molar-refractivity contribution in [1.29, 1.82) is 0 Å². The highest BCUT2D eigenvalue weighted by molar-refractivity contribution is 5.95. The van der Waals surface area contributed by atoms with Crippen LogP contribution in [0.4, 0.5) is 0 Å². The van der Waals surface area contributed by atoms with E-state index >= 15 is 0 Å². The number of benzene rings is 1. The van der Waals surface area contributed by atoms with E-state index in [1.807, 2.05) is 19.9 Å². The zero-order valence-corrected chi connectivity index (χ0v) is 14.0. The minimum atomic E-state index is -0.942. The molecule has 1 amide bonds. The lowest BCUT2D eigenvalue weighted by molar-refractivity contribution is -0.139. The monoisotopic (exact) mass is 333 g/mol. The number of amides is 1. The largest absolute Gasteiger partial charge is 0.490 e. The van der Waals surface area contributed by atoms with E-state index in [0.717, 1.165) is 5.57 Å². The molecule has 1 aromatic carbocycles. The predicted molar refractivity (Wildman–Crippen MR) is 89.3 cm³/mol. The Morgan fingerprint density at radius 2 is 2.21 bits per heavy atom. The molecule has 0 bridgehead atoms. The molecule has 1 unspecified atom stereocenters. The van der Waals surface area contributed by atoms with Crippen LogP contribution in [-0.4, -0.2) is 54.3 Å². The van der Waals surface area contributed by atoms with Crippen LogP contribution in [0, 0.1) is 0 Å². The van der Waals surface area contributed by atoms with Gasteiger partial charge in [-0.2, -0.15) is 0 Å². The van der Waals surface area contributed by atoms with Crippen molar-refractivity contribution < 1.29 is 24.2 Å². The number of nitrogens with zero attached hydrogens (tertiary/aromatic N) is 1. The lowest BCUT2D eigenvalue weighted by Gasteiger charge is -2.34. The number of hydrogen-bond donors (Lipinski definition) is 1. The molecule has 1 aliphatic rings. The number of allylic oxidation sites excluding steroid dienone is 1. The summed E-state index contributed by atoms with van der Waals surface area (Å²) in [5.41, 5.74) is 1.65. The summed E-state index contributed by atoms with van der Waals surface area (Å²) in [4.78, 5) is 25.3. The molecule has 6 heteroatoms. The molecule has 0 radical (unpaired) electrons. The van der Waals surface area contributed by atoms with Crippen molar-refractivity contribution in [2.45, 2.75) is 26.3 Å². The quantitative estimate of drug-likeness (QED) is 0.809. The topological polar surface area (TPSA) is 76.1 Å². The first kappa shape index (κ1) is 18.0. The first-order valence-corrected chi connectivity index (χ1v) is 7.94. The zero-order valence-electron chi connectivity index (χ0n) is 14.0. The van der Waals surface area contributed by atoms with Gasteiger partial charge in [0.05, 0.1) is 25.7 Å². The van der Waals surface area contributed by atoms with Crippen molar-refractivity contribution in [3.63, 3.8) is 0 Å². The summed E-state index contributed by atoms with van der Waals surface area (Å²) >= 11 is 0. The minimum Gasteiger partial charge on any atom is -0.490 e. The van der Waals surface area contributed by atoms with E-state index in [4.69, 9.17) is 14.6 Å². The first-order valence-electron chi connectivity index (χ1n) is 7.94. The number of carboxylic acids is 1. The number of aliphatic carboxylic acids is 1. The molecule has 0 aromatic heterocycles. The molecule has 1 fully saturated rings. The third-order valence-corrected chi connectivity index (χ3v) is 3.72. The van der Waals surface area contributed by atoms with Gasteiger partial charge in [-0.3, -0.25) is 9.59 Å². The number of carbonyl (C=O) groups is 2. The Hall–Kier alpha value is -2.34. The summed E-state index contributed by atoms with van der Waals surface area (Å²) in [6.45, 7) is 5.47. The summed E-state index contributed by atoms with van der Waals surface area (Å²) in [6, 6.07) is 6.51. The Labute approximate surface area is 141 Å². The fraction of sp³-hybridized carbons (Fsp3) is 0.444. The summed E-state index contributed by atoms with van der Waals surface area (Å²) in [5, 5.41) is 9.00. The molecule has 130 valence electrons. The third-order valence-electron chi connectivity index (χ3n) is 3.72. The van der Waals surface area contributed by atoms with Crippen LogP contribution in [0.3, 0.4) is 0 Å². The zero-order chi connectivity index (χ0) is 17.5. The van der Waals surface area contributed by atoms with Gasteiger partial charge in [0, 0.05) is 12.1 Å². The summed E-state index contributed by atoms with van der Waals surface area (Å²) in [5.74, 6) is -0.527. The SMILES string of the molecule is CC(C)=CCOc1cccc(C(=O)N2CCOCC2CC(=O)O)c1. The van der Waals surface area contributed by atoms with Crippen molar-refractivity contribution >= 4 is 11.9 Å². The highest BCUT2D eigenvalue weighted by atomic mass is 16.5. The Morgan fingerprint density at radius 3 is 2.92 bits per heavy atom. The number of carbonyl (C=O) groups excluding carboxylic acids is 1. The molecule has 1 atom stereocenters. The van der Waals surface area contributed by atoms with Crippen LogP contribution >= 0.6 is 0 Å². The van der Waals surface area contributed by atoms with E-state index in [9.17, 15) is 9.59 Å². The minimum absolute atomic E-state index is 0.123. The summed E-state index contributed by atoms with van der Waals surface area (Å²) in [6.07, 6.45) is 1.84. The number of ether oxygens (including phenoxy) is 2. The van der Waals surface area contributed by atoms with E-state index in [1.54, 1.807) is 29.2 Å². The second kappa shape index (κ2) is 8.49. The molecule has 1 saturated heterocycles. The van der Waals surface area contributed by atoms with Crippen LogP contribution < -0.4 is 4.74 Å². The Kier molecular flexibility index (Phi) is 6.37. The molecule has 24 heavy (non-hydrogen) atoms. The predicted octanol–water partition coefficient (Wildman–Crippen LogP) is 2.35. The Bertz CT molecular complexity index is 622. The van der Waals surface area contributed by atoms with Crippen LogP contribution in [0.25, 0.3) is 0 Å². The van der Waals surface area contributed by atoms with Gasteiger partial charge in [0.25, 0.3) is 5.91 Å². The van der Waals surface area contributed by atoms with Gasteiger partial charge in [0.2, 0.25) is 0 Å². The van der Waals surface area contributed by atoms with Gasteiger partial charge in [-0.15, -0.1) is 0 Å². The van der Waals surface area contributed by atoms with E-state index in [2.05, 4.69) is 0 Å². The standard InChI is InChI=1S/C18H23NO5/c1-13(2)6-8-24-16-5-3-4-14(10-16)18(22)19-7-9-23-12-15(19)11-17(20)21/h3-6,10,15H,7-9,11-12H2,1-2H3,(H,20,21). The highest BCUT2D eigenvalue weighted by Crippen LogP contribution is 2.19. The number of hydrogen-bond acceptors (Lipinski definition) is 4. The van der Waals surface area contributed by atoms with E-state index in [1.165, 1.54) is 0 Å². The van der Waals surface area contributed by atoms with E-state index < -0.39 is 12.0 Å². The van der Waals surface area contributed by atoms with Gasteiger partial charge in [0.15, 0.2) is 0 Å². The third kappa shape index (κ3) is 5.09. The molecule has 6 nitrogen and oxygen atoms in total. The molecule has 1 N–H and O–H groups in total. The molecule has 1 aliphatic heterocycles. The molecular formula is C18H23NO5. The Morgan fingerprint density at radius 1 is 1.42 bits per heavy atom. The molecule has 0 spiro atoms. The maximum atomic E-state index is 12.7. The fourth-order valence-corrected chi connectivity index (χ4v) is 2.48. The van der Waals surface area contributed by atoms with Crippen molar-refractivity contribution in [3.8, 4) is 5.75 Å². The normalized spacial score (nSPS) is 17.2. The summed E-state index contributed by atoms with van der Waals surface area (Å²) in [7, 11) is 0. The van der Waals surface area contributed by atoms with Crippen molar-refractivity contribution in [2.75, 3.05) is 26.4 Å². The van der Waals surface area contributed by atoms with Crippen molar-refractivity contribution in [3.05, 3.63) is 41.5 Å². The van der Waals surface area contributed by atoms with E-state index in [0.29, 0.717) is 31.1 Å². The lowest BCUT2D eigenvalue weighted by atomic mass is 10.1. The molecule has 0 aliphatic carbocycles. The second-order valence-corrected chi connectivity index (χ2v) is 5.95.